The number of nitrogens with zero attached hydrogens (tertiary/aromatic N) is 5. The van der Waals surface area contributed by atoms with Crippen LogP contribution >= 0.6 is 39.0 Å². The monoisotopic (exact) mass is 346 g/mol. The SMILES string of the molecule is CNc1ncnc(Sc2nnc(N(C)C)s2)c1Br. The van der Waals surface area contributed by atoms with Crippen LogP contribution in [0.1, 0.15) is 0 Å². The van der Waals surface area contributed by atoms with Crippen molar-refractivity contribution in [1.29, 1.82) is 0 Å². The Balaban J connectivity index is 2.23. The lowest BCUT2D eigenvalue weighted by Gasteiger charge is -2.05. The van der Waals surface area contributed by atoms with Crippen LogP contribution in [0, 0.1) is 0 Å². The molecule has 2 rings (SSSR count). The molecule has 2 heterocycles. The second-order valence-electron chi connectivity index (χ2n) is 3.44. The maximum Gasteiger partial charge on any atom is 0.208 e. The summed E-state index contributed by atoms with van der Waals surface area (Å²) in [7, 11) is 5.69. The number of nitrogens with one attached hydrogen (secondary N) is 1. The summed E-state index contributed by atoms with van der Waals surface area (Å²) in [5.74, 6) is 0.754. The zero-order valence-corrected chi connectivity index (χ0v) is 13.2. The highest BCUT2D eigenvalue weighted by Gasteiger charge is 2.13. The van der Waals surface area contributed by atoms with Crippen molar-refractivity contribution < 1.29 is 0 Å². The highest BCUT2D eigenvalue weighted by Crippen LogP contribution is 2.37. The van der Waals surface area contributed by atoms with Crippen molar-refractivity contribution in [3.8, 4) is 0 Å². The molecule has 9 heteroatoms. The van der Waals surface area contributed by atoms with Crippen LogP contribution in [0.25, 0.3) is 0 Å². The van der Waals surface area contributed by atoms with Crippen molar-refractivity contribution >= 4 is 50.0 Å². The minimum absolute atomic E-state index is 0.754. The molecule has 0 aliphatic heterocycles. The molecule has 0 radical (unpaired) electrons. The van der Waals surface area contributed by atoms with Crippen LogP contribution in [-0.2, 0) is 0 Å². The molecule has 96 valence electrons. The Labute approximate surface area is 121 Å². The number of aromatic nitrogens is 4. The molecule has 0 amide bonds. The number of hydrogen-bond acceptors (Lipinski definition) is 8. The third-order valence-corrected chi connectivity index (χ3v) is 5.12. The van der Waals surface area contributed by atoms with Gasteiger partial charge in [0.1, 0.15) is 17.2 Å². The van der Waals surface area contributed by atoms with E-state index in [-0.39, 0.29) is 0 Å². The maximum absolute atomic E-state index is 4.23. The Bertz CT molecular complexity index is 544. The van der Waals surface area contributed by atoms with Gasteiger partial charge in [-0.1, -0.05) is 11.3 Å². The Morgan fingerprint density at radius 3 is 2.72 bits per heavy atom. The molecular formula is C9H11BrN6S2. The largest absolute Gasteiger partial charge is 0.372 e. The fourth-order valence-electron chi connectivity index (χ4n) is 1.11. The average molecular weight is 347 g/mol. The molecule has 0 aliphatic carbocycles. The van der Waals surface area contributed by atoms with Gasteiger partial charge in [-0.2, -0.15) is 0 Å². The fourth-order valence-corrected chi connectivity index (χ4v) is 3.41. The van der Waals surface area contributed by atoms with E-state index >= 15 is 0 Å². The number of anilines is 2. The average Bonchev–Trinajstić information content (AvgIpc) is 2.80. The van der Waals surface area contributed by atoms with Gasteiger partial charge in [0.05, 0.1) is 4.47 Å². The van der Waals surface area contributed by atoms with E-state index in [1.54, 1.807) is 0 Å². The first kappa shape index (κ1) is 13.5. The second-order valence-corrected chi connectivity index (χ2v) is 6.42. The van der Waals surface area contributed by atoms with E-state index in [2.05, 4.69) is 41.4 Å². The maximum atomic E-state index is 4.23. The van der Waals surface area contributed by atoms with Crippen LogP contribution in [-0.4, -0.2) is 41.3 Å². The minimum Gasteiger partial charge on any atom is -0.372 e. The van der Waals surface area contributed by atoms with E-state index in [9.17, 15) is 0 Å². The summed E-state index contributed by atoms with van der Waals surface area (Å²) in [6.45, 7) is 0. The second kappa shape index (κ2) is 5.81. The smallest absolute Gasteiger partial charge is 0.208 e. The summed E-state index contributed by atoms with van der Waals surface area (Å²) in [5, 5.41) is 12.9. The molecule has 0 spiro atoms. The Morgan fingerprint density at radius 2 is 2.11 bits per heavy atom. The highest BCUT2D eigenvalue weighted by atomic mass is 79.9. The van der Waals surface area contributed by atoms with E-state index in [1.165, 1.54) is 29.4 Å². The van der Waals surface area contributed by atoms with Gasteiger partial charge in [0.25, 0.3) is 0 Å². The van der Waals surface area contributed by atoms with Gasteiger partial charge in [-0.25, -0.2) is 9.97 Å². The predicted molar refractivity (Wildman–Crippen MR) is 77.6 cm³/mol. The molecule has 0 saturated heterocycles. The summed E-state index contributed by atoms with van der Waals surface area (Å²) < 4.78 is 1.68. The Hall–Kier alpha value is -0.930. The normalized spacial score (nSPS) is 10.4. The van der Waals surface area contributed by atoms with Crippen LogP contribution < -0.4 is 10.2 Å². The predicted octanol–water partition coefficient (Wildman–Crippen LogP) is 2.35. The molecule has 18 heavy (non-hydrogen) atoms. The Morgan fingerprint density at radius 1 is 1.33 bits per heavy atom. The molecule has 0 unspecified atom stereocenters. The Kier molecular flexibility index (Phi) is 4.36. The molecule has 0 aromatic carbocycles. The van der Waals surface area contributed by atoms with Gasteiger partial charge in [-0.05, 0) is 27.7 Å². The topological polar surface area (TPSA) is 66.8 Å². The molecule has 6 nitrogen and oxygen atoms in total. The minimum atomic E-state index is 0.754. The fraction of sp³-hybridized carbons (Fsp3) is 0.333. The molecule has 0 aliphatic rings. The van der Waals surface area contributed by atoms with Gasteiger partial charge < -0.3 is 10.2 Å². The van der Waals surface area contributed by atoms with E-state index in [4.69, 9.17) is 0 Å². The lowest BCUT2D eigenvalue weighted by molar-refractivity contribution is 0.966. The van der Waals surface area contributed by atoms with Crippen LogP contribution in [0.15, 0.2) is 20.2 Å². The number of hydrogen-bond donors (Lipinski definition) is 1. The number of halogens is 1. The molecule has 2 aromatic heterocycles. The van der Waals surface area contributed by atoms with Crippen molar-refractivity contribution in [3.63, 3.8) is 0 Å². The summed E-state index contributed by atoms with van der Waals surface area (Å²) >= 11 is 6.46. The van der Waals surface area contributed by atoms with Gasteiger partial charge >= 0.3 is 0 Å². The quantitative estimate of drug-likeness (QED) is 0.852. The lowest BCUT2D eigenvalue weighted by atomic mass is 10.6. The van der Waals surface area contributed by atoms with E-state index in [0.29, 0.717) is 0 Å². The van der Waals surface area contributed by atoms with Crippen LogP contribution in [0.5, 0.6) is 0 Å². The van der Waals surface area contributed by atoms with Crippen molar-refractivity contribution in [1.82, 2.24) is 20.2 Å². The van der Waals surface area contributed by atoms with Crippen LogP contribution in [0.3, 0.4) is 0 Å². The van der Waals surface area contributed by atoms with Gasteiger partial charge in [-0.3, -0.25) is 0 Å². The molecule has 0 fully saturated rings. The van der Waals surface area contributed by atoms with Gasteiger partial charge in [0.15, 0.2) is 4.34 Å². The van der Waals surface area contributed by atoms with Crippen LogP contribution in [0.4, 0.5) is 10.9 Å². The van der Waals surface area contributed by atoms with Crippen molar-refractivity contribution in [2.75, 3.05) is 31.4 Å². The highest BCUT2D eigenvalue weighted by molar-refractivity contribution is 9.10. The van der Waals surface area contributed by atoms with Gasteiger partial charge in [0.2, 0.25) is 5.13 Å². The van der Waals surface area contributed by atoms with Crippen molar-refractivity contribution in [2.24, 2.45) is 0 Å². The molecule has 0 atom stereocenters. The summed E-state index contributed by atoms with van der Waals surface area (Å²) in [5.41, 5.74) is 0. The summed E-state index contributed by atoms with van der Waals surface area (Å²) in [6.07, 6.45) is 1.52. The zero-order chi connectivity index (χ0) is 13.1. The lowest BCUT2D eigenvalue weighted by Crippen LogP contribution is -2.07. The van der Waals surface area contributed by atoms with Crippen LogP contribution in [0.2, 0.25) is 0 Å². The van der Waals surface area contributed by atoms with E-state index in [0.717, 1.165) is 24.8 Å². The molecule has 0 saturated carbocycles. The first-order chi connectivity index (χ1) is 8.61. The molecule has 1 N–H and O–H groups in total. The molecular weight excluding hydrogens is 336 g/mol. The van der Waals surface area contributed by atoms with Gasteiger partial charge in [-0.15, -0.1) is 10.2 Å². The summed E-state index contributed by atoms with van der Waals surface area (Å²) in [4.78, 5) is 10.3. The third-order valence-electron chi connectivity index (χ3n) is 1.96. The van der Waals surface area contributed by atoms with Crippen molar-refractivity contribution in [2.45, 2.75) is 9.37 Å². The van der Waals surface area contributed by atoms with E-state index < -0.39 is 0 Å². The third kappa shape index (κ3) is 2.90. The van der Waals surface area contributed by atoms with Gasteiger partial charge in [0, 0.05) is 21.1 Å². The summed E-state index contributed by atoms with van der Waals surface area (Å²) in [6, 6.07) is 0. The van der Waals surface area contributed by atoms with E-state index in [1.807, 2.05) is 26.0 Å². The van der Waals surface area contributed by atoms with Crippen molar-refractivity contribution in [3.05, 3.63) is 10.8 Å². The first-order valence-corrected chi connectivity index (χ1v) is 7.41. The standard InChI is InChI=1S/C9H11BrN6S2/c1-11-6-5(10)7(13-4-12-6)17-9-15-14-8(18-9)16(2)3/h4H,1-3H3,(H,11,12,13). The number of rotatable bonds is 4. The first-order valence-electron chi connectivity index (χ1n) is 4.98. The molecule has 2 aromatic rings. The molecule has 0 bridgehead atoms. The zero-order valence-electron chi connectivity index (χ0n) is 10.0.